The van der Waals surface area contributed by atoms with Gasteiger partial charge in [0, 0.05) is 39.4 Å². The number of carbonyl (C=O) groups excluding carboxylic acids is 1. The molecule has 3 N–H and O–H groups in total. The predicted molar refractivity (Wildman–Crippen MR) is 141 cm³/mol. The van der Waals surface area contributed by atoms with Crippen LogP contribution in [0.1, 0.15) is 13.3 Å². The van der Waals surface area contributed by atoms with Gasteiger partial charge in [0.25, 0.3) is 11.5 Å². The second kappa shape index (κ2) is 13.7. The van der Waals surface area contributed by atoms with Crippen molar-refractivity contribution in [3.8, 4) is 5.88 Å². The molecule has 2 aliphatic heterocycles. The van der Waals surface area contributed by atoms with E-state index in [1.54, 1.807) is 17.7 Å². The molecule has 0 saturated carbocycles. The number of carbonyl (C=O) groups is 1. The maximum absolute atomic E-state index is 12.4. The zero-order valence-electron chi connectivity index (χ0n) is 21.7. The molecule has 0 aromatic carbocycles. The minimum absolute atomic E-state index is 0.0187. The van der Waals surface area contributed by atoms with Crippen LogP contribution in [0.3, 0.4) is 0 Å². The number of ether oxygens (including phenoxy) is 2. The lowest BCUT2D eigenvalue weighted by atomic mass is 10.1. The summed E-state index contributed by atoms with van der Waals surface area (Å²) in [7, 11) is 2.56. The lowest BCUT2D eigenvalue weighted by Crippen LogP contribution is -2.33. The third kappa shape index (κ3) is 7.72. The summed E-state index contributed by atoms with van der Waals surface area (Å²) in [6, 6.07) is 3.56. The fourth-order valence-corrected chi connectivity index (χ4v) is 4.27. The van der Waals surface area contributed by atoms with Gasteiger partial charge in [0.2, 0.25) is 5.88 Å². The van der Waals surface area contributed by atoms with E-state index in [0.29, 0.717) is 41.0 Å². The molecule has 1 atom stereocenters. The molecule has 0 aliphatic carbocycles. The molecule has 2 saturated heterocycles. The van der Waals surface area contributed by atoms with E-state index in [2.05, 4.69) is 39.0 Å². The normalized spacial score (nSPS) is 19.4. The maximum Gasteiger partial charge on any atom is 0.270 e. The van der Waals surface area contributed by atoms with Crippen LogP contribution in [0, 0.1) is 5.92 Å². The van der Waals surface area contributed by atoms with Gasteiger partial charge in [0.1, 0.15) is 11.3 Å². The SMILES string of the molecule is C=C1NC(=O)CO/C1=C/C=C(\C)CNCC1CCN(CCn2c(=O)cnc3ccc(OC)nc32)C1.CO. The molecule has 0 bridgehead atoms. The van der Waals surface area contributed by atoms with E-state index >= 15 is 0 Å². The van der Waals surface area contributed by atoms with Crippen molar-refractivity contribution in [3.63, 3.8) is 0 Å². The number of morpholine rings is 1. The molecule has 11 heteroatoms. The highest BCUT2D eigenvalue weighted by molar-refractivity contribution is 5.81. The molecule has 2 aromatic heterocycles. The largest absolute Gasteiger partial charge is 0.482 e. The number of aliphatic hydroxyl groups excluding tert-OH is 1. The first-order chi connectivity index (χ1) is 17.9. The quantitative estimate of drug-likeness (QED) is 0.447. The summed E-state index contributed by atoms with van der Waals surface area (Å²) in [6.07, 6.45) is 6.29. The summed E-state index contributed by atoms with van der Waals surface area (Å²) in [6.45, 7) is 10.9. The van der Waals surface area contributed by atoms with E-state index < -0.39 is 0 Å². The first-order valence-electron chi connectivity index (χ1n) is 12.2. The number of methoxy groups -OCH3 is 1. The van der Waals surface area contributed by atoms with E-state index in [1.165, 1.54) is 6.20 Å². The summed E-state index contributed by atoms with van der Waals surface area (Å²) >= 11 is 0. The molecule has 4 rings (SSSR count). The van der Waals surface area contributed by atoms with Gasteiger partial charge in [-0.3, -0.25) is 14.2 Å². The minimum atomic E-state index is -0.182. The van der Waals surface area contributed by atoms with Crippen LogP contribution >= 0.6 is 0 Å². The van der Waals surface area contributed by atoms with Crippen LogP contribution < -0.4 is 20.9 Å². The molecule has 37 heavy (non-hydrogen) atoms. The Morgan fingerprint density at radius 2 is 2.16 bits per heavy atom. The van der Waals surface area contributed by atoms with Gasteiger partial charge in [-0.25, -0.2) is 4.98 Å². The van der Waals surface area contributed by atoms with Crippen LogP contribution in [-0.2, 0) is 16.1 Å². The van der Waals surface area contributed by atoms with Gasteiger partial charge in [-0.15, -0.1) is 0 Å². The van der Waals surface area contributed by atoms with Crippen LogP contribution in [0.2, 0.25) is 0 Å². The molecule has 4 heterocycles. The zero-order valence-corrected chi connectivity index (χ0v) is 21.7. The van der Waals surface area contributed by atoms with E-state index in [1.807, 2.05) is 18.2 Å². The fourth-order valence-electron chi connectivity index (χ4n) is 4.27. The van der Waals surface area contributed by atoms with Crippen molar-refractivity contribution in [3.05, 3.63) is 64.4 Å². The number of aromatic nitrogens is 3. The van der Waals surface area contributed by atoms with Crippen LogP contribution in [0.25, 0.3) is 11.2 Å². The molecular weight excluding hydrogens is 476 g/mol. The lowest BCUT2D eigenvalue weighted by Gasteiger charge is -2.18. The first kappa shape index (κ1) is 28.0. The number of pyridine rings is 1. The van der Waals surface area contributed by atoms with Crippen molar-refractivity contribution in [1.29, 1.82) is 0 Å². The monoisotopic (exact) mass is 512 g/mol. The van der Waals surface area contributed by atoms with Crippen molar-refractivity contribution < 1.29 is 19.4 Å². The number of allylic oxidation sites excluding steroid dienone is 2. The molecule has 2 fully saturated rings. The van der Waals surface area contributed by atoms with Crippen LogP contribution in [0.15, 0.2) is 58.9 Å². The van der Waals surface area contributed by atoms with Crippen LogP contribution in [-0.4, -0.2) is 84.0 Å². The van der Waals surface area contributed by atoms with Gasteiger partial charge in [-0.2, -0.15) is 4.98 Å². The third-order valence-corrected chi connectivity index (χ3v) is 6.19. The Morgan fingerprint density at radius 3 is 2.92 bits per heavy atom. The van der Waals surface area contributed by atoms with E-state index in [0.717, 1.165) is 51.8 Å². The van der Waals surface area contributed by atoms with Gasteiger partial charge < -0.3 is 30.1 Å². The molecule has 200 valence electrons. The highest BCUT2D eigenvalue weighted by Crippen LogP contribution is 2.17. The number of hydrogen-bond donors (Lipinski definition) is 3. The van der Waals surface area contributed by atoms with Gasteiger partial charge in [0.15, 0.2) is 12.3 Å². The summed E-state index contributed by atoms with van der Waals surface area (Å²) < 4.78 is 12.3. The molecule has 2 aromatic rings. The number of hydrogen-bond acceptors (Lipinski definition) is 9. The van der Waals surface area contributed by atoms with Gasteiger partial charge in [-0.05, 0) is 44.5 Å². The van der Waals surface area contributed by atoms with E-state index in [4.69, 9.17) is 14.6 Å². The maximum atomic E-state index is 12.4. The number of rotatable bonds is 9. The smallest absolute Gasteiger partial charge is 0.270 e. The second-order valence-electron chi connectivity index (χ2n) is 8.89. The van der Waals surface area contributed by atoms with Crippen LogP contribution in [0.5, 0.6) is 5.88 Å². The average molecular weight is 513 g/mol. The average Bonchev–Trinajstić information content (AvgIpc) is 3.36. The Hall–Kier alpha value is -3.54. The van der Waals surface area contributed by atoms with Crippen molar-refractivity contribution in [2.45, 2.75) is 19.9 Å². The van der Waals surface area contributed by atoms with Gasteiger partial charge >= 0.3 is 0 Å². The number of nitrogens with one attached hydrogen (secondary N) is 2. The van der Waals surface area contributed by atoms with Crippen molar-refractivity contribution >= 4 is 17.1 Å². The van der Waals surface area contributed by atoms with Crippen molar-refractivity contribution in [2.75, 3.05) is 53.6 Å². The Kier molecular flexibility index (Phi) is 10.4. The highest BCUT2D eigenvalue weighted by Gasteiger charge is 2.22. The number of amides is 1. The molecule has 2 aliphatic rings. The zero-order chi connectivity index (χ0) is 26.8. The molecule has 0 radical (unpaired) electrons. The number of fused-ring (bicyclic) bond motifs is 1. The highest BCUT2D eigenvalue weighted by atomic mass is 16.5. The lowest BCUT2D eigenvalue weighted by molar-refractivity contribution is -0.125. The predicted octanol–water partition coefficient (Wildman–Crippen LogP) is 0.810. The number of likely N-dealkylation sites (tertiary alicyclic amines) is 1. The summed E-state index contributed by atoms with van der Waals surface area (Å²) in [5.41, 5.74) is 2.72. The molecule has 1 amide bonds. The summed E-state index contributed by atoms with van der Waals surface area (Å²) in [5, 5.41) is 13.2. The molecule has 0 spiro atoms. The first-order valence-corrected chi connectivity index (χ1v) is 12.2. The molecule has 11 nitrogen and oxygen atoms in total. The standard InChI is InChI=1S/C25H32N6O4.CH4O/c1-17(4-6-21-18(2)28-22(32)16-35-21)12-26-13-19-8-9-30(15-19)10-11-31-24(33)14-27-20-5-7-23(34-3)29-25(20)31;1-2/h4-7,14,19,26H,2,8-13,15-16H2,1,3H3,(H,28,32);2H,1H3/b17-4+,21-6+;. The van der Waals surface area contributed by atoms with Crippen molar-refractivity contribution in [1.82, 2.24) is 30.1 Å². The van der Waals surface area contributed by atoms with E-state index in [-0.39, 0.29) is 18.1 Å². The fraction of sp³-hybridized carbons (Fsp3) is 0.462. The number of aliphatic hydroxyl groups is 1. The van der Waals surface area contributed by atoms with E-state index in [9.17, 15) is 9.59 Å². The van der Waals surface area contributed by atoms with Gasteiger partial charge in [0.05, 0.1) is 19.0 Å². The Bertz CT molecular complexity index is 1220. The Balaban J connectivity index is 0.00000186. The topological polar surface area (TPSA) is 131 Å². The molecular formula is C26H36N6O5. The summed E-state index contributed by atoms with van der Waals surface area (Å²) in [5.74, 6) is 1.43. The van der Waals surface area contributed by atoms with Gasteiger partial charge in [-0.1, -0.05) is 18.2 Å². The Labute approximate surface area is 216 Å². The Morgan fingerprint density at radius 1 is 1.35 bits per heavy atom. The summed E-state index contributed by atoms with van der Waals surface area (Å²) in [4.78, 5) is 34.7. The third-order valence-electron chi connectivity index (χ3n) is 6.19. The van der Waals surface area contributed by atoms with Crippen LogP contribution in [0.4, 0.5) is 0 Å². The number of nitrogens with zero attached hydrogens (tertiary/aromatic N) is 4. The van der Waals surface area contributed by atoms with Crippen molar-refractivity contribution in [2.24, 2.45) is 5.92 Å². The second-order valence-corrected chi connectivity index (χ2v) is 8.89. The minimum Gasteiger partial charge on any atom is -0.482 e. The molecule has 1 unspecified atom stereocenters.